The van der Waals surface area contributed by atoms with E-state index in [-0.39, 0.29) is 11.8 Å². The molecule has 0 saturated carbocycles. The zero-order chi connectivity index (χ0) is 19.3. The molecule has 1 saturated heterocycles. The van der Waals surface area contributed by atoms with Crippen LogP contribution in [0.3, 0.4) is 0 Å². The number of rotatable bonds is 5. The van der Waals surface area contributed by atoms with Gasteiger partial charge in [-0.25, -0.2) is 9.97 Å². The van der Waals surface area contributed by atoms with Gasteiger partial charge >= 0.3 is 0 Å². The van der Waals surface area contributed by atoms with Crippen molar-refractivity contribution in [2.24, 2.45) is 0 Å². The molecular formula is C20H21N5O3. The van der Waals surface area contributed by atoms with Gasteiger partial charge in [-0.15, -0.1) is 0 Å². The Balaban J connectivity index is 1.26. The summed E-state index contributed by atoms with van der Waals surface area (Å²) in [6, 6.07) is 11.1. The molecule has 1 aliphatic heterocycles. The summed E-state index contributed by atoms with van der Waals surface area (Å²) in [4.78, 5) is 36.8. The molecular weight excluding hydrogens is 358 g/mol. The number of benzene rings is 1. The molecule has 8 nitrogen and oxygen atoms in total. The Bertz CT molecular complexity index is 960. The molecule has 0 unspecified atom stereocenters. The fraction of sp³-hybridized carbons (Fsp3) is 0.300. The van der Waals surface area contributed by atoms with Gasteiger partial charge < -0.3 is 19.5 Å². The third-order valence-corrected chi connectivity index (χ3v) is 4.83. The number of piperazine rings is 1. The normalized spacial score (nSPS) is 14.3. The van der Waals surface area contributed by atoms with Crippen LogP contribution in [0.2, 0.25) is 0 Å². The van der Waals surface area contributed by atoms with E-state index in [1.54, 1.807) is 21.9 Å². The van der Waals surface area contributed by atoms with E-state index >= 15 is 0 Å². The van der Waals surface area contributed by atoms with Crippen molar-refractivity contribution in [1.29, 1.82) is 0 Å². The van der Waals surface area contributed by atoms with E-state index in [0.29, 0.717) is 44.9 Å². The smallest absolute Gasteiger partial charge is 0.289 e. The molecule has 3 heterocycles. The summed E-state index contributed by atoms with van der Waals surface area (Å²) in [6.07, 6.45) is 3.37. The molecule has 3 aromatic rings. The standard InChI is InChI=1S/C20H21N5O3/c26-18(7-8-21-19-15-4-1-2-5-16(15)22-14-23-19)24-9-11-25(12-10-24)20(27)17-6-3-13-28-17/h1-6,13-14H,7-12H2,(H,21,22,23). The lowest BCUT2D eigenvalue weighted by Gasteiger charge is -2.34. The summed E-state index contributed by atoms with van der Waals surface area (Å²) in [7, 11) is 0. The lowest BCUT2D eigenvalue weighted by molar-refractivity contribution is -0.132. The van der Waals surface area contributed by atoms with Gasteiger partial charge in [-0.1, -0.05) is 12.1 Å². The van der Waals surface area contributed by atoms with Gasteiger partial charge in [0.15, 0.2) is 5.76 Å². The highest BCUT2D eigenvalue weighted by atomic mass is 16.3. The van der Waals surface area contributed by atoms with Crippen LogP contribution in [-0.2, 0) is 4.79 Å². The Morgan fingerprint density at radius 2 is 1.79 bits per heavy atom. The van der Waals surface area contributed by atoms with E-state index in [1.807, 2.05) is 24.3 Å². The summed E-state index contributed by atoms with van der Waals surface area (Å²) < 4.78 is 5.16. The first kappa shape index (κ1) is 18.0. The molecule has 2 aromatic heterocycles. The zero-order valence-electron chi connectivity index (χ0n) is 15.4. The minimum atomic E-state index is -0.130. The quantitative estimate of drug-likeness (QED) is 0.729. The van der Waals surface area contributed by atoms with Gasteiger partial charge in [0.1, 0.15) is 12.1 Å². The molecule has 2 amide bonds. The number of hydrogen-bond donors (Lipinski definition) is 1. The Morgan fingerprint density at radius 3 is 2.57 bits per heavy atom. The highest BCUT2D eigenvalue weighted by Gasteiger charge is 2.25. The second-order valence-electron chi connectivity index (χ2n) is 6.57. The topological polar surface area (TPSA) is 91.6 Å². The number of amides is 2. The van der Waals surface area contributed by atoms with Gasteiger partial charge in [-0.05, 0) is 24.3 Å². The molecule has 144 valence electrons. The molecule has 0 aliphatic carbocycles. The fourth-order valence-corrected chi connectivity index (χ4v) is 3.31. The predicted octanol–water partition coefficient (Wildman–Crippen LogP) is 2.01. The number of furan rings is 1. The zero-order valence-corrected chi connectivity index (χ0v) is 15.4. The third kappa shape index (κ3) is 3.80. The summed E-state index contributed by atoms with van der Waals surface area (Å²) in [5.74, 6) is 0.999. The SMILES string of the molecule is O=C(CCNc1ncnc2ccccc12)N1CCN(C(=O)c2ccco2)CC1. The molecule has 1 aromatic carbocycles. The van der Waals surface area contributed by atoms with E-state index in [2.05, 4.69) is 15.3 Å². The van der Waals surface area contributed by atoms with Crippen LogP contribution < -0.4 is 5.32 Å². The molecule has 0 atom stereocenters. The number of nitrogens with zero attached hydrogens (tertiary/aromatic N) is 4. The van der Waals surface area contributed by atoms with Gasteiger partial charge in [-0.2, -0.15) is 0 Å². The molecule has 1 aliphatic rings. The van der Waals surface area contributed by atoms with Crippen LogP contribution in [0.1, 0.15) is 17.0 Å². The van der Waals surface area contributed by atoms with Crippen molar-refractivity contribution < 1.29 is 14.0 Å². The summed E-state index contributed by atoms with van der Waals surface area (Å²) in [5.41, 5.74) is 0.865. The van der Waals surface area contributed by atoms with Gasteiger partial charge in [0.2, 0.25) is 5.91 Å². The number of carbonyl (C=O) groups excluding carboxylic acids is 2. The Hall–Kier alpha value is -3.42. The lowest BCUT2D eigenvalue weighted by Crippen LogP contribution is -2.50. The molecule has 8 heteroatoms. The van der Waals surface area contributed by atoms with E-state index in [0.717, 1.165) is 16.7 Å². The van der Waals surface area contributed by atoms with Gasteiger partial charge in [0.25, 0.3) is 5.91 Å². The molecule has 0 radical (unpaired) electrons. The van der Waals surface area contributed by atoms with Gasteiger partial charge in [-0.3, -0.25) is 9.59 Å². The van der Waals surface area contributed by atoms with Gasteiger partial charge in [0, 0.05) is 44.5 Å². The van der Waals surface area contributed by atoms with Crippen LogP contribution in [0.4, 0.5) is 5.82 Å². The van der Waals surface area contributed by atoms with E-state index in [9.17, 15) is 9.59 Å². The lowest BCUT2D eigenvalue weighted by atomic mass is 10.2. The monoisotopic (exact) mass is 379 g/mol. The second kappa shape index (κ2) is 8.08. The summed E-state index contributed by atoms with van der Waals surface area (Å²) in [5, 5.41) is 4.16. The maximum absolute atomic E-state index is 12.5. The maximum Gasteiger partial charge on any atom is 0.289 e. The van der Waals surface area contributed by atoms with Crippen molar-refractivity contribution in [3.05, 3.63) is 54.7 Å². The Kier molecular flexibility index (Phi) is 5.18. The van der Waals surface area contributed by atoms with Crippen LogP contribution in [-0.4, -0.2) is 64.3 Å². The van der Waals surface area contributed by atoms with Crippen molar-refractivity contribution in [3.8, 4) is 0 Å². The highest BCUT2D eigenvalue weighted by Crippen LogP contribution is 2.18. The fourth-order valence-electron chi connectivity index (χ4n) is 3.31. The number of fused-ring (bicyclic) bond motifs is 1. The maximum atomic E-state index is 12.5. The van der Waals surface area contributed by atoms with Crippen molar-refractivity contribution >= 4 is 28.5 Å². The molecule has 0 bridgehead atoms. The van der Waals surface area contributed by atoms with Crippen LogP contribution in [0, 0.1) is 0 Å². The highest BCUT2D eigenvalue weighted by molar-refractivity contribution is 5.91. The number of nitrogens with one attached hydrogen (secondary N) is 1. The first-order chi connectivity index (χ1) is 13.7. The van der Waals surface area contributed by atoms with Crippen molar-refractivity contribution in [2.45, 2.75) is 6.42 Å². The number of para-hydroxylation sites is 1. The van der Waals surface area contributed by atoms with Crippen LogP contribution in [0.5, 0.6) is 0 Å². The predicted molar refractivity (Wildman–Crippen MR) is 104 cm³/mol. The summed E-state index contributed by atoms with van der Waals surface area (Å²) >= 11 is 0. The minimum absolute atomic E-state index is 0.0657. The average molecular weight is 379 g/mol. The first-order valence-corrected chi connectivity index (χ1v) is 9.26. The molecule has 1 fully saturated rings. The summed E-state index contributed by atoms with van der Waals surface area (Å²) in [6.45, 7) is 2.57. The average Bonchev–Trinajstić information content (AvgIpc) is 3.28. The molecule has 28 heavy (non-hydrogen) atoms. The van der Waals surface area contributed by atoms with Crippen LogP contribution in [0.25, 0.3) is 10.9 Å². The van der Waals surface area contributed by atoms with E-state index < -0.39 is 0 Å². The van der Waals surface area contributed by atoms with Gasteiger partial charge in [0.05, 0.1) is 11.8 Å². The first-order valence-electron chi connectivity index (χ1n) is 9.26. The van der Waals surface area contributed by atoms with Crippen LogP contribution >= 0.6 is 0 Å². The Labute approximate surface area is 162 Å². The molecule has 0 spiro atoms. The van der Waals surface area contributed by atoms with E-state index in [1.165, 1.54) is 12.6 Å². The minimum Gasteiger partial charge on any atom is -0.459 e. The van der Waals surface area contributed by atoms with Crippen LogP contribution in [0.15, 0.2) is 53.4 Å². The van der Waals surface area contributed by atoms with Crippen molar-refractivity contribution in [1.82, 2.24) is 19.8 Å². The third-order valence-electron chi connectivity index (χ3n) is 4.83. The number of anilines is 1. The molecule has 4 rings (SSSR count). The number of carbonyl (C=O) groups is 2. The second-order valence-corrected chi connectivity index (χ2v) is 6.57. The molecule has 1 N–H and O–H groups in total. The van der Waals surface area contributed by atoms with Crippen molar-refractivity contribution in [2.75, 3.05) is 38.0 Å². The Morgan fingerprint density at radius 1 is 1.00 bits per heavy atom. The number of aromatic nitrogens is 2. The number of hydrogen-bond acceptors (Lipinski definition) is 6. The van der Waals surface area contributed by atoms with E-state index in [4.69, 9.17) is 4.42 Å². The largest absolute Gasteiger partial charge is 0.459 e. The van der Waals surface area contributed by atoms with Crippen molar-refractivity contribution in [3.63, 3.8) is 0 Å².